The van der Waals surface area contributed by atoms with E-state index in [0.29, 0.717) is 41.5 Å². The monoisotopic (exact) mass is 463 g/mol. The Hall–Kier alpha value is -2.87. The molecule has 0 spiro atoms. The number of halogens is 1. The molecule has 2 aromatic rings. The fraction of sp³-hybridized carbons (Fsp3) is 0.286. The molecule has 2 aromatic carbocycles. The molecule has 1 N–H and O–H groups in total. The van der Waals surface area contributed by atoms with E-state index in [0.717, 1.165) is 0 Å². The Kier molecular flexibility index (Phi) is 8.21. The molecule has 1 amide bonds. The van der Waals surface area contributed by atoms with Gasteiger partial charge in [0, 0.05) is 11.6 Å². The number of rotatable bonds is 9. The maximum atomic E-state index is 13.1. The molecule has 8 heteroatoms. The predicted molar refractivity (Wildman–Crippen MR) is 112 cm³/mol. The molecule has 0 saturated heterocycles. The molecule has 0 saturated carbocycles. The van der Waals surface area contributed by atoms with Crippen molar-refractivity contribution in [1.82, 2.24) is 0 Å². The van der Waals surface area contributed by atoms with Crippen molar-refractivity contribution in [2.45, 2.75) is 13.8 Å². The zero-order chi connectivity index (χ0) is 21.4. The van der Waals surface area contributed by atoms with Crippen LogP contribution in [0.2, 0.25) is 0 Å². The van der Waals surface area contributed by atoms with Crippen LogP contribution in [-0.4, -0.2) is 43.3 Å². The Morgan fingerprint density at radius 1 is 0.931 bits per heavy atom. The number of nitrogens with one attached hydrogen (secondary N) is 1. The smallest absolute Gasteiger partial charge is 0.337 e. The molecule has 29 heavy (non-hydrogen) atoms. The Bertz CT molecular complexity index is 895. The fourth-order valence-electron chi connectivity index (χ4n) is 2.60. The molecule has 0 atom stereocenters. The van der Waals surface area contributed by atoms with Crippen LogP contribution in [-0.2, 0) is 9.53 Å². The minimum Gasteiger partial charge on any atom is -0.490 e. The predicted octanol–water partition coefficient (Wildman–Crippen LogP) is 3.84. The third kappa shape index (κ3) is 5.57. The molecule has 0 radical (unpaired) electrons. The summed E-state index contributed by atoms with van der Waals surface area (Å²) in [4.78, 5) is 36.7. The topological polar surface area (TPSA) is 90.9 Å². The van der Waals surface area contributed by atoms with E-state index in [4.69, 9.17) is 9.47 Å². The average Bonchev–Trinajstić information content (AvgIpc) is 2.74. The van der Waals surface area contributed by atoms with Gasteiger partial charge < -0.3 is 19.5 Å². The van der Waals surface area contributed by atoms with Gasteiger partial charge >= 0.3 is 5.97 Å². The first-order valence-corrected chi connectivity index (χ1v) is 10.1. The summed E-state index contributed by atoms with van der Waals surface area (Å²) in [6, 6.07) is 9.20. The van der Waals surface area contributed by atoms with Crippen LogP contribution in [0.15, 0.2) is 36.4 Å². The molecular weight excluding hydrogens is 442 g/mol. The van der Waals surface area contributed by atoms with E-state index in [-0.39, 0.29) is 22.6 Å². The van der Waals surface area contributed by atoms with Crippen LogP contribution >= 0.6 is 15.9 Å². The molecule has 0 aliphatic rings. The van der Waals surface area contributed by atoms with E-state index in [1.54, 1.807) is 12.1 Å². The van der Waals surface area contributed by atoms with E-state index in [9.17, 15) is 14.4 Å². The molecule has 7 nitrogen and oxygen atoms in total. The highest BCUT2D eigenvalue weighted by Gasteiger charge is 2.20. The number of ether oxygens (including phenoxy) is 3. The number of ketones is 1. The second-order valence-corrected chi connectivity index (χ2v) is 6.35. The molecular formula is C21H22BrNO6. The number of benzene rings is 2. The van der Waals surface area contributed by atoms with Crippen LogP contribution in [0.1, 0.15) is 40.1 Å². The summed E-state index contributed by atoms with van der Waals surface area (Å²) in [7, 11) is 1.29. The highest BCUT2D eigenvalue weighted by molar-refractivity contribution is 9.09. The number of alkyl halides is 1. The average molecular weight is 464 g/mol. The number of hydrogen-bond acceptors (Lipinski definition) is 6. The number of carbonyl (C=O) groups excluding carboxylic acids is 3. The van der Waals surface area contributed by atoms with Crippen LogP contribution in [0.3, 0.4) is 0 Å². The SMILES string of the molecule is CCOc1cc(NC(=O)CBr)c(C(=O)c2ccc(C(=O)OC)cc2)cc1OCC. The first kappa shape index (κ1) is 22.4. The number of esters is 1. The van der Waals surface area contributed by atoms with Crippen molar-refractivity contribution in [2.75, 3.05) is 31.0 Å². The number of anilines is 1. The fourth-order valence-corrected chi connectivity index (χ4v) is 2.74. The van der Waals surface area contributed by atoms with E-state index in [1.165, 1.54) is 31.4 Å². The van der Waals surface area contributed by atoms with E-state index in [1.807, 2.05) is 13.8 Å². The molecule has 0 heterocycles. The first-order chi connectivity index (χ1) is 13.9. The second-order valence-electron chi connectivity index (χ2n) is 5.79. The lowest BCUT2D eigenvalue weighted by Crippen LogP contribution is -2.16. The number of hydrogen-bond donors (Lipinski definition) is 1. The molecule has 0 unspecified atom stereocenters. The maximum absolute atomic E-state index is 13.1. The normalized spacial score (nSPS) is 10.2. The first-order valence-electron chi connectivity index (χ1n) is 8.97. The van der Waals surface area contributed by atoms with Gasteiger partial charge in [-0.2, -0.15) is 0 Å². The van der Waals surface area contributed by atoms with Gasteiger partial charge in [-0.05, 0) is 32.0 Å². The van der Waals surface area contributed by atoms with E-state index in [2.05, 4.69) is 26.0 Å². The summed E-state index contributed by atoms with van der Waals surface area (Å²) in [5, 5.41) is 2.78. The van der Waals surface area contributed by atoms with Crippen molar-refractivity contribution >= 4 is 39.3 Å². The van der Waals surface area contributed by atoms with Crippen LogP contribution < -0.4 is 14.8 Å². The summed E-state index contributed by atoms with van der Waals surface area (Å²) in [6.45, 7) is 4.43. The van der Waals surface area contributed by atoms with Gasteiger partial charge in [0.2, 0.25) is 5.91 Å². The Morgan fingerprint density at radius 2 is 1.48 bits per heavy atom. The van der Waals surface area contributed by atoms with Crippen molar-refractivity contribution in [3.63, 3.8) is 0 Å². The second kappa shape index (κ2) is 10.6. The van der Waals surface area contributed by atoms with E-state index >= 15 is 0 Å². The summed E-state index contributed by atoms with van der Waals surface area (Å²) in [6.07, 6.45) is 0. The lowest BCUT2D eigenvalue weighted by molar-refractivity contribution is -0.113. The van der Waals surface area contributed by atoms with Crippen LogP contribution in [0.5, 0.6) is 11.5 Å². The third-order valence-electron chi connectivity index (χ3n) is 3.89. The van der Waals surface area contributed by atoms with Crippen molar-refractivity contribution in [2.24, 2.45) is 0 Å². The van der Waals surface area contributed by atoms with Gasteiger partial charge in [0.15, 0.2) is 17.3 Å². The zero-order valence-electron chi connectivity index (χ0n) is 16.4. The largest absolute Gasteiger partial charge is 0.490 e. The van der Waals surface area contributed by atoms with Crippen LogP contribution in [0.25, 0.3) is 0 Å². The van der Waals surface area contributed by atoms with Crippen molar-refractivity contribution < 1.29 is 28.6 Å². The van der Waals surface area contributed by atoms with Gasteiger partial charge in [-0.3, -0.25) is 9.59 Å². The minimum absolute atomic E-state index is 0.0750. The molecule has 0 aliphatic carbocycles. The molecule has 2 rings (SSSR count). The molecule has 0 aromatic heterocycles. The Morgan fingerprint density at radius 3 is 2.00 bits per heavy atom. The number of methoxy groups -OCH3 is 1. The summed E-state index contributed by atoms with van der Waals surface area (Å²) >= 11 is 3.10. The minimum atomic E-state index is -0.492. The number of carbonyl (C=O) groups is 3. The van der Waals surface area contributed by atoms with Crippen molar-refractivity contribution in [1.29, 1.82) is 0 Å². The van der Waals surface area contributed by atoms with Gasteiger partial charge in [-0.25, -0.2) is 4.79 Å². The van der Waals surface area contributed by atoms with Gasteiger partial charge in [0.25, 0.3) is 0 Å². The molecule has 0 bridgehead atoms. The standard InChI is InChI=1S/C21H22BrNO6/c1-4-28-17-10-15(16(23-19(24)12-22)11-18(17)29-5-2)20(25)13-6-8-14(9-7-13)21(26)27-3/h6-11H,4-5,12H2,1-3H3,(H,23,24). The van der Waals surface area contributed by atoms with Gasteiger partial charge in [0.05, 0.1) is 42.5 Å². The molecule has 0 aliphatic heterocycles. The highest BCUT2D eigenvalue weighted by Crippen LogP contribution is 2.35. The van der Waals surface area contributed by atoms with Crippen LogP contribution in [0.4, 0.5) is 5.69 Å². The lowest BCUT2D eigenvalue weighted by Gasteiger charge is -2.16. The van der Waals surface area contributed by atoms with Crippen molar-refractivity contribution in [3.8, 4) is 11.5 Å². The van der Waals surface area contributed by atoms with Crippen LogP contribution in [0, 0.1) is 0 Å². The molecule has 154 valence electrons. The molecule has 0 fully saturated rings. The summed E-state index contributed by atoms with van der Waals surface area (Å²) in [5.74, 6) is -0.312. The Balaban J connectivity index is 2.51. The van der Waals surface area contributed by atoms with Gasteiger partial charge in [-0.1, -0.05) is 28.1 Å². The summed E-state index contributed by atoms with van der Waals surface area (Å²) in [5.41, 5.74) is 1.23. The lowest BCUT2D eigenvalue weighted by atomic mass is 9.99. The van der Waals surface area contributed by atoms with E-state index < -0.39 is 5.97 Å². The zero-order valence-corrected chi connectivity index (χ0v) is 18.0. The van der Waals surface area contributed by atoms with Crippen molar-refractivity contribution in [3.05, 3.63) is 53.1 Å². The third-order valence-corrected chi connectivity index (χ3v) is 4.40. The number of amides is 1. The maximum Gasteiger partial charge on any atom is 0.337 e. The quantitative estimate of drug-likeness (QED) is 0.345. The Labute approximate surface area is 177 Å². The summed E-state index contributed by atoms with van der Waals surface area (Å²) < 4.78 is 15.9. The van der Waals surface area contributed by atoms with Gasteiger partial charge in [0.1, 0.15) is 0 Å². The van der Waals surface area contributed by atoms with Gasteiger partial charge in [-0.15, -0.1) is 0 Å². The highest BCUT2D eigenvalue weighted by atomic mass is 79.9.